The number of benzene rings is 1. The molecule has 11 heteroatoms. The number of thioether (sulfide) groups is 1. The van der Waals surface area contributed by atoms with Gasteiger partial charge in [-0.05, 0) is 49.4 Å². The summed E-state index contributed by atoms with van der Waals surface area (Å²) >= 11 is 2.79. The Labute approximate surface area is 184 Å². The van der Waals surface area contributed by atoms with Crippen molar-refractivity contribution in [3.63, 3.8) is 0 Å². The summed E-state index contributed by atoms with van der Waals surface area (Å²) in [7, 11) is -3.31. The molecule has 4 rings (SSSR count). The number of nitrogens with one attached hydrogen (secondary N) is 1. The van der Waals surface area contributed by atoms with Crippen molar-refractivity contribution in [2.75, 3.05) is 41.3 Å². The number of carbonyl (C=O) groups is 1. The fraction of sp³-hybridized carbons (Fsp3) is 0.526. The monoisotopic (exact) mass is 468 g/mol. The molecule has 0 saturated carbocycles. The molecule has 0 spiro atoms. The van der Waals surface area contributed by atoms with Crippen LogP contribution in [-0.2, 0) is 21.2 Å². The first kappa shape index (κ1) is 21.5. The Balaban J connectivity index is 1.34. The SMILES string of the molecule is CS(=O)(=O)N1CCCc2cc(C(=O)CSc3nnc(NC[C@H]4CCCO4)s3)ccc21. The Morgan fingerprint density at radius 1 is 1.37 bits per heavy atom. The van der Waals surface area contributed by atoms with Crippen LogP contribution in [-0.4, -0.2) is 62.2 Å². The minimum Gasteiger partial charge on any atom is -0.376 e. The van der Waals surface area contributed by atoms with Crippen LogP contribution in [0.25, 0.3) is 0 Å². The lowest BCUT2D eigenvalue weighted by molar-refractivity contribution is 0.102. The van der Waals surface area contributed by atoms with Crippen molar-refractivity contribution in [2.45, 2.75) is 36.1 Å². The average molecular weight is 469 g/mol. The first-order valence-corrected chi connectivity index (χ1v) is 13.5. The fourth-order valence-electron chi connectivity index (χ4n) is 3.64. The van der Waals surface area contributed by atoms with Crippen molar-refractivity contribution in [1.82, 2.24) is 10.2 Å². The summed E-state index contributed by atoms with van der Waals surface area (Å²) in [6.45, 7) is 2.02. The van der Waals surface area contributed by atoms with E-state index in [1.807, 2.05) is 6.07 Å². The summed E-state index contributed by atoms with van der Waals surface area (Å²) in [4.78, 5) is 12.7. The van der Waals surface area contributed by atoms with Crippen molar-refractivity contribution in [3.05, 3.63) is 29.3 Å². The molecule has 1 atom stereocenters. The number of ether oxygens (including phenoxy) is 1. The van der Waals surface area contributed by atoms with Gasteiger partial charge in [-0.1, -0.05) is 23.1 Å². The van der Waals surface area contributed by atoms with E-state index < -0.39 is 10.0 Å². The zero-order chi connectivity index (χ0) is 21.1. The second-order valence-electron chi connectivity index (χ2n) is 7.38. The quantitative estimate of drug-likeness (QED) is 0.466. The highest BCUT2D eigenvalue weighted by atomic mass is 32.2. The molecule has 0 aliphatic carbocycles. The first-order valence-electron chi connectivity index (χ1n) is 9.86. The van der Waals surface area contributed by atoms with E-state index in [9.17, 15) is 13.2 Å². The minimum absolute atomic E-state index is 0.0108. The number of Topliss-reactive ketones (excluding diaryl/α,β-unsaturated/α-hetero) is 1. The fourth-order valence-corrected chi connectivity index (χ4v) is 6.29. The van der Waals surface area contributed by atoms with Crippen LogP contribution in [0.3, 0.4) is 0 Å². The Morgan fingerprint density at radius 3 is 3.00 bits per heavy atom. The van der Waals surface area contributed by atoms with E-state index >= 15 is 0 Å². The van der Waals surface area contributed by atoms with Crippen LogP contribution in [0.2, 0.25) is 0 Å². The van der Waals surface area contributed by atoms with E-state index in [0.717, 1.165) is 53.9 Å². The van der Waals surface area contributed by atoms with Crippen LogP contribution in [0.4, 0.5) is 10.8 Å². The van der Waals surface area contributed by atoms with Crippen molar-refractivity contribution < 1.29 is 17.9 Å². The minimum atomic E-state index is -3.31. The molecular formula is C19H24N4O4S3. The number of sulfonamides is 1. The zero-order valence-corrected chi connectivity index (χ0v) is 19.1. The van der Waals surface area contributed by atoms with E-state index in [1.165, 1.54) is 33.7 Å². The van der Waals surface area contributed by atoms with Gasteiger partial charge in [-0.25, -0.2) is 8.42 Å². The van der Waals surface area contributed by atoms with Gasteiger partial charge in [-0.15, -0.1) is 10.2 Å². The standard InChI is InChI=1S/C19H24N4O4S3/c1-30(25,26)23-8-2-4-13-10-14(6-7-16(13)23)17(24)12-28-19-22-21-18(29-19)20-11-15-5-3-9-27-15/h6-7,10,15H,2-5,8-9,11-12H2,1H3,(H,20,21)/t15-/m1/s1. The molecule has 2 aliphatic heterocycles. The smallest absolute Gasteiger partial charge is 0.232 e. The molecule has 1 aromatic carbocycles. The number of nitrogens with zero attached hydrogens (tertiary/aromatic N) is 3. The molecule has 1 fully saturated rings. The first-order chi connectivity index (χ1) is 14.4. The van der Waals surface area contributed by atoms with Crippen molar-refractivity contribution in [3.8, 4) is 0 Å². The summed E-state index contributed by atoms with van der Waals surface area (Å²) < 4.78 is 31.7. The van der Waals surface area contributed by atoms with Gasteiger partial charge in [-0.3, -0.25) is 9.10 Å². The van der Waals surface area contributed by atoms with Crippen LogP contribution < -0.4 is 9.62 Å². The second-order valence-corrected chi connectivity index (χ2v) is 11.5. The van der Waals surface area contributed by atoms with Crippen molar-refractivity contribution >= 4 is 49.7 Å². The third-order valence-electron chi connectivity index (χ3n) is 5.12. The maximum atomic E-state index is 12.7. The highest BCUT2D eigenvalue weighted by Crippen LogP contribution is 2.31. The van der Waals surface area contributed by atoms with Gasteiger partial charge < -0.3 is 10.1 Å². The van der Waals surface area contributed by atoms with E-state index in [4.69, 9.17) is 4.74 Å². The maximum absolute atomic E-state index is 12.7. The summed E-state index contributed by atoms with van der Waals surface area (Å²) in [6.07, 6.45) is 5.12. The second kappa shape index (κ2) is 9.21. The predicted molar refractivity (Wildman–Crippen MR) is 119 cm³/mol. The third kappa shape index (κ3) is 5.13. The Bertz CT molecular complexity index is 1020. The van der Waals surface area contributed by atoms with Crippen molar-refractivity contribution in [1.29, 1.82) is 0 Å². The number of aryl methyl sites for hydroxylation is 1. The number of anilines is 2. The number of rotatable bonds is 8. The van der Waals surface area contributed by atoms with Crippen LogP contribution in [0.15, 0.2) is 22.5 Å². The normalized spacial score (nSPS) is 19.0. The molecule has 8 nitrogen and oxygen atoms in total. The molecule has 0 radical (unpaired) electrons. The summed E-state index contributed by atoms with van der Waals surface area (Å²) in [5.41, 5.74) is 2.18. The molecule has 1 aromatic heterocycles. The molecule has 0 unspecified atom stereocenters. The van der Waals surface area contributed by atoms with E-state index in [1.54, 1.807) is 12.1 Å². The number of fused-ring (bicyclic) bond motifs is 1. The average Bonchev–Trinajstić information content (AvgIpc) is 3.40. The van der Waals surface area contributed by atoms with Crippen LogP contribution >= 0.6 is 23.1 Å². The molecule has 0 bridgehead atoms. The largest absolute Gasteiger partial charge is 0.376 e. The lowest BCUT2D eigenvalue weighted by Crippen LogP contribution is -2.34. The Hall–Kier alpha value is -1.69. The molecule has 1 N–H and O–H groups in total. The maximum Gasteiger partial charge on any atom is 0.232 e. The van der Waals surface area contributed by atoms with E-state index in [0.29, 0.717) is 17.8 Å². The molecule has 1 saturated heterocycles. The molecule has 162 valence electrons. The number of aromatic nitrogens is 2. The van der Waals surface area contributed by atoms with Gasteiger partial charge in [0.2, 0.25) is 15.2 Å². The predicted octanol–water partition coefficient (Wildman–Crippen LogP) is 2.82. The van der Waals surface area contributed by atoms with Crippen LogP contribution in [0.5, 0.6) is 0 Å². The topological polar surface area (TPSA) is 101 Å². The highest BCUT2D eigenvalue weighted by Gasteiger charge is 2.25. The summed E-state index contributed by atoms with van der Waals surface area (Å²) in [5.74, 6) is 0.248. The zero-order valence-electron chi connectivity index (χ0n) is 16.7. The Kier molecular flexibility index (Phi) is 6.61. The van der Waals surface area contributed by atoms with Gasteiger partial charge in [-0.2, -0.15) is 0 Å². The van der Waals surface area contributed by atoms with Gasteiger partial charge in [0, 0.05) is 25.3 Å². The lowest BCUT2D eigenvalue weighted by Gasteiger charge is -2.29. The Morgan fingerprint density at radius 2 is 2.23 bits per heavy atom. The van der Waals surface area contributed by atoms with Crippen LogP contribution in [0, 0.1) is 0 Å². The lowest BCUT2D eigenvalue weighted by atomic mass is 9.99. The molecular weight excluding hydrogens is 444 g/mol. The number of ketones is 1. The molecule has 2 aliphatic rings. The van der Waals surface area contributed by atoms with E-state index in [-0.39, 0.29) is 17.6 Å². The van der Waals surface area contributed by atoms with Crippen LogP contribution in [0.1, 0.15) is 35.2 Å². The molecule has 30 heavy (non-hydrogen) atoms. The molecule has 0 amide bonds. The highest BCUT2D eigenvalue weighted by molar-refractivity contribution is 8.01. The molecule has 3 heterocycles. The van der Waals surface area contributed by atoms with Gasteiger partial charge in [0.1, 0.15) is 0 Å². The summed E-state index contributed by atoms with van der Waals surface area (Å²) in [6, 6.07) is 5.27. The van der Waals surface area contributed by atoms with E-state index in [2.05, 4.69) is 15.5 Å². The molecule has 2 aromatic rings. The van der Waals surface area contributed by atoms with Gasteiger partial charge in [0.05, 0.1) is 23.8 Å². The summed E-state index contributed by atoms with van der Waals surface area (Å²) in [5, 5.41) is 12.2. The van der Waals surface area contributed by atoms with Gasteiger partial charge in [0.15, 0.2) is 10.1 Å². The third-order valence-corrected chi connectivity index (χ3v) is 8.31. The number of hydrogen-bond acceptors (Lipinski definition) is 9. The number of hydrogen-bond donors (Lipinski definition) is 1. The van der Waals surface area contributed by atoms with Gasteiger partial charge in [0.25, 0.3) is 0 Å². The van der Waals surface area contributed by atoms with Gasteiger partial charge >= 0.3 is 0 Å². The van der Waals surface area contributed by atoms with Crippen molar-refractivity contribution in [2.24, 2.45) is 0 Å². The number of carbonyl (C=O) groups excluding carboxylic acids is 1.